The summed E-state index contributed by atoms with van der Waals surface area (Å²) in [6.07, 6.45) is 1.92. The third-order valence-corrected chi connectivity index (χ3v) is 3.65. The summed E-state index contributed by atoms with van der Waals surface area (Å²) < 4.78 is 5.37. The lowest BCUT2D eigenvalue weighted by Gasteiger charge is -2.12. The minimum Gasteiger partial charge on any atom is -0.376 e. The number of nitrogens with one attached hydrogen (secondary N) is 2. The number of ether oxygens (including phenoxy) is 1. The van der Waals surface area contributed by atoms with Crippen LogP contribution in [0.15, 0.2) is 18.2 Å². The molecule has 20 heavy (non-hydrogen) atoms. The first kappa shape index (κ1) is 14.8. The highest BCUT2D eigenvalue weighted by Crippen LogP contribution is 2.22. The maximum Gasteiger partial charge on any atom is 0.313 e. The lowest BCUT2D eigenvalue weighted by Crippen LogP contribution is -2.39. The molecule has 1 atom stereocenters. The number of benzene rings is 1. The van der Waals surface area contributed by atoms with Gasteiger partial charge in [0, 0.05) is 23.9 Å². The molecule has 1 heterocycles. The van der Waals surface area contributed by atoms with Crippen LogP contribution in [0.25, 0.3) is 0 Å². The van der Waals surface area contributed by atoms with Crippen molar-refractivity contribution in [2.45, 2.75) is 25.9 Å². The fraction of sp³-hybridized carbons (Fsp3) is 0.429. The van der Waals surface area contributed by atoms with Gasteiger partial charge in [0.15, 0.2) is 0 Å². The molecule has 1 aromatic carbocycles. The van der Waals surface area contributed by atoms with E-state index in [1.54, 1.807) is 25.1 Å². The maximum atomic E-state index is 11.8. The third kappa shape index (κ3) is 3.71. The largest absolute Gasteiger partial charge is 0.376 e. The van der Waals surface area contributed by atoms with Crippen molar-refractivity contribution < 1.29 is 14.3 Å². The van der Waals surface area contributed by atoms with Gasteiger partial charge in [-0.2, -0.15) is 0 Å². The van der Waals surface area contributed by atoms with E-state index in [-0.39, 0.29) is 6.10 Å². The van der Waals surface area contributed by atoms with Crippen LogP contribution in [0.2, 0.25) is 5.02 Å². The lowest BCUT2D eigenvalue weighted by atomic mass is 10.2. The van der Waals surface area contributed by atoms with E-state index in [0.29, 0.717) is 23.9 Å². The topological polar surface area (TPSA) is 67.4 Å². The van der Waals surface area contributed by atoms with E-state index in [9.17, 15) is 9.59 Å². The predicted molar refractivity (Wildman–Crippen MR) is 76.8 cm³/mol. The fourth-order valence-corrected chi connectivity index (χ4v) is 2.19. The number of carbonyl (C=O) groups is 2. The number of anilines is 1. The predicted octanol–water partition coefficient (Wildman–Crippen LogP) is 1.88. The molecule has 0 saturated carbocycles. The molecule has 2 N–H and O–H groups in total. The second kappa shape index (κ2) is 6.72. The van der Waals surface area contributed by atoms with Gasteiger partial charge in [0.05, 0.1) is 6.10 Å². The zero-order valence-corrected chi connectivity index (χ0v) is 12.0. The summed E-state index contributed by atoms with van der Waals surface area (Å²) in [4.78, 5) is 23.5. The van der Waals surface area contributed by atoms with Crippen LogP contribution in [0.4, 0.5) is 5.69 Å². The molecule has 6 heteroatoms. The molecule has 1 saturated heterocycles. The molecule has 5 nitrogen and oxygen atoms in total. The minimum atomic E-state index is -0.701. The van der Waals surface area contributed by atoms with Crippen LogP contribution in [-0.2, 0) is 14.3 Å². The number of amides is 2. The van der Waals surface area contributed by atoms with Crippen molar-refractivity contribution in [3.8, 4) is 0 Å². The molecule has 0 unspecified atom stereocenters. The molecule has 1 aromatic rings. The van der Waals surface area contributed by atoms with Crippen molar-refractivity contribution in [3.63, 3.8) is 0 Å². The highest BCUT2D eigenvalue weighted by molar-refractivity contribution is 6.40. The highest BCUT2D eigenvalue weighted by Gasteiger charge is 2.19. The maximum absolute atomic E-state index is 11.8. The molecule has 1 fully saturated rings. The van der Waals surface area contributed by atoms with Gasteiger partial charge in [-0.3, -0.25) is 9.59 Å². The average molecular weight is 297 g/mol. The van der Waals surface area contributed by atoms with Crippen molar-refractivity contribution in [1.82, 2.24) is 5.32 Å². The molecule has 2 rings (SSSR count). The van der Waals surface area contributed by atoms with Crippen LogP contribution in [0, 0.1) is 6.92 Å². The van der Waals surface area contributed by atoms with Crippen LogP contribution in [-0.4, -0.2) is 31.1 Å². The van der Waals surface area contributed by atoms with E-state index >= 15 is 0 Å². The molecule has 0 aliphatic carbocycles. The molecule has 0 radical (unpaired) electrons. The van der Waals surface area contributed by atoms with Crippen LogP contribution < -0.4 is 10.6 Å². The Balaban J connectivity index is 1.87. The highest BCUT2D eigenvalue weighted by atomic mass is 35.5. The Kier molecular flexibility index (Phi) is 4.98. The van der Waals surface area contributed by atoms with Gasteiger partial charge in [-0.1, -0.05) is 17.7 Å². The van der Waals surface area contributed by atoms with Gasteiger partial charge < -0.3 is 15.4 Å². The number of hydrogen-bond acceptors (Lipinski definition) is 3. The summed E-state index contributed by atoms with van der Waals surface area (Å²) in [7, 11) is 0. The lowest BCUT2D eigenvalue weighted by molar-refractivity contribution is -0.136. The smallest absolute Gasteiger partial charge is 0.313 e. The van der Waals surface area contributed by atoms with E-state index in [4.69, 9.17) is 16.3 Å². The molecule has 0 spiro atoms. The zero-order valence-electron chi connectivity index (χ0n) is 11.2. The van der Waals surface area contributed by atoms with Gasteiger partial charge in [0.25, 0.3) is 0 Å². The first-order valence-electron chi connectivity index (χ1n) is 6.54. The van der Waals surface area contributed by atoms with Crippen molar-refractivity contribution in [1.29, 1.82) is 0 Å². The van der Waals surface area contributed by atoms with Gasteiger partial charge in [-0.25, -0.2) is 0 Å². The van der Waals surface area contributed by atoms with Crippen molar-refractivity contribution in [3.05, 3.63) is 28.8 Å². The summed E-state index contributed by atoms with van der Waals surface area (Å²) in [5.74, 6) is -1.37. The quantitative estimate of drug-likeness (QED) is 0.837. The molecule has 1 aliphatic heterocycles. The summed E-state index contributed by atoms with van der Waals surface area (Å²) in [5, 5.41) is 5.66. The van der Waals surface area contributed by atoms with Gasteiger partial charge in [-0.15, -0.1) is 0 Å². The monoisotopic (exact) mass is 296 g/mol. The Morgan fingerprint density at radius 3 is 2.90 bits per heavy atom. The normalized spacial score (nSPS) is 17.8. The second-order valence-electron chi connectivity index (χ2n) is 4.71. The van der Waals surface area contributed by atoms with E-state index in [0.717, 1.165) is 18.4 Å². The molecular weight excluding hydrogens is 280 g/mol. The van der Waals surface area contributed by atoms with Crippen molar-refractivity contribution >= 4 is 29.1 Å². The Bertz CT molecular complexity index is 513. The Labute approximate surface area is 122 Å². The van der Waals surface area contributed by atoms with Crippen molar-refractivity contribution in [2.75, 3.05) is 18.5 Å². The van der Waals surface area contributed by atoms with Gasteiger partial charge in [0.2, 0.25) is 0 Å². The molecule has 0 aromatic heterocycles. The first-order chi connectivity index (χ1) is 9.58. The standard InChI is InChI=1S/C14H17ClN2O3/c1-9-11(15)5-2-6-12(9)17-14(19)13(18)16-8-10-4-3-7-20-10/h2,5-6,10H,3-4,7-8H2,1H3,(H,16,18)(H,17,19)/t10-/m0/s1. The van der Waals surface area contributed by atoms with Crippen molar-refractivity contribution in [2.24, 2.45) is 0 Å². The zero-order chi connectivity index (χ0) is 14.5. The SMILES string of the molecule is Cc1c(Cl)cccc1NC(=O)C(=O)NC[C@@H]1CCCO1. The number of rotatable bonds is 3. The second-order valence-corrected chi connectivity index (χ2v) is 5.12. The molecule has 2 amide bonds. The molecule has 1 aliphatic rings. The number of halogens is 1. The van der Waals surface area contributed by atoms with Crippen LogP contribution in [0.3, 0.4) is 0 Å². The summed E-state index contributed by atoms with van der Waals surface area (Å²) in [6, 6.07) is 5.14. The minimum absolute atomic E-state index is 0.0136. The van der Waals surface area contributed by atoms with E-state index < -0.39 is 11.8 Å². The Morgan fingerprint density at radius 2 is 2.20 bits per heavy atom. The fourth-order valence-electron chi connectivity index (χ4n) is 2.01. The molecule has 108 valence electrons. The average Bonchev–Trinajstić information content (AvgIpc) is 2.94. The summed E-state index contributed by atoms with van der Waals surface area (Å²) >= 11 is 5.96. The molecule has 0 bridgehead atoms. The molecular formula is C14H17ClN2O3. The van der Waals surface area contributed by atoms with E-state index in [1.165, 1.54) is 0 Å². The van der Waals surface area contributed by atoms with E-state index in [2.05, 4.69) is 10.6 Å². The van der Waals surface area contributed by atoms with Gasteiger partial charge in [-0.05, 0) is 37.5 Å². The van der Waals surface area contributed by atoms with Gasteiger partial charge in [0.1, 0.15) is 0 Å². The summed E-state index contributed by atoms with van der Waals surface area (Å²) in [5.41, 5.74) is 1.27. The van der Waals surface area contributed by atoms with Gasteiger partial charge >= 0.3 is 11.8 Å². The first-order valence-corrected chi connectivity index (χ1v) is 6.91. The summed E-state index contributed by atoms with van der Waals surface area (Å²) in [6.45, 7) is 2.86. The van der Waals surface area contributed by atoms with Crippen LogP contribution in [0.1, 0.15) is 18.4 Å². The van der Waals surface area contributed by atoms with Crippen LogP contribution in [0.5, 0.6) is 0 Å². The Hall–Kier alpha value is -1.59. The van der Waals surface area contributed by atoms with E-state index in [1.807, 2.05) is 0 Å². The third-order valence-electron chi connectivity index (χ3n) is 3.24. The Morgan fingerprint density at radius 1 is 1.40 bits per heavy atom. The van der Waals surface area contributed by atoms with Crippen LogP contribution >= 0.6 is 11.6 Å². The number of carbonyl (C=O) groups excluding carboxylic acids is 2. The number of hydrogen-bond donors (Lipinski definition) is 2.